The van der Waals surface area contributed by atoms with E-state index in [0.29, 0.717) is 12.0 Å². The van der Waals surface area contributed by atoms with Crippen molar-refractivity contribution in [2.24, 2.45) is 5.73 Å². The fourth-order valence-electron chi connectivity index (χ4n) is 1.38. The lowest BCUT2D eigenvalue weighted by Crippen LogP contribution is -2.34. The van der Waals surface area contributed by atoms with Crippen LogP contribution in [0.25, 0.3) is 0 Å². The molecule has 0 unspecified atom stereocenters. The monoisotopic (exact) mass is 253 g/mol. The Morgan fingerprint density at radius 1 is 1.19 bits per heavy atom. The lowest BCUT2D eigenvalue weighted by Gasteiger charge is -2.19. The summed E-state index contributed by atoms with van der Waals surface area (Å²) in [6.45, 7) is 3.57. The molecule has 0 amide bonds. The molecule has 0 spiro atoms. The second-order valence-corrected chi connectivity index (χ2v) is 4.36. The summed E-state index contributed by atoms with van der Waals surface area (Å²) in [5.74, 6) is 0. The van der Waals surface area contributed by atoms with E-state index in [1.165, 1.54) is 6.07 Å². The van der Waals surface area contributed by atoms with Gasteiger partial charge in [0.1, 0.15) is 0 Å². The molecule has 0 aliphatic carbocycles. The van der Waals surface area contributed by atoms with E-state index in [-0.39, 0.29) is 12.4 Å². The number of rotatable bonds is 2. The van der Waals surface area contributed by atoms with Crippen molar-refractivity contribution >= 4 is 12.4 Å². The SMILES string of the molecule is CC(C)(N)Cc1cccc(C(F)(F)F)c1.Cl. The van der Waals surface area contributed by atoms with Gasteiger partial charge in [-0.1, -0.05) is 18.2 Å². The molecule has 1 aromatic rings. The number of benzene rings is 1. The van der Waals surface area contributed by atoms with Gasteiger partial charge < -0.3 is 5.73 Å². The Bertz CT molecular complexity index is 342. The van der Waals surface area contributed by atoms with Crippen molar-refractivity contribution < 1.29 is 13.2 Å². The van der Waals surface area contributed by atoms with Crippen molar-refractivity contribution in [3.8, 4) is 0 Å². The molecule has 16 heavy (non-hydrogen) atoms. The lowest BCUT2D eigenvalue weighted by molar-refractivity contribution is -0.137. The Labute approximate surface area is 99.2 Å². The lowest BCUT2D eigenvalue weighted by atomic mass is 9.95. The third-order valence-corrected chi connectivity index (χ3v) is 1.91. The summed E-state index contributed by atoms with van der Waals surface area (Å²) in [7, 11) is 0. The predicted octanol–water partition coefficient (Wildman–Crippen LogP) is 3.41. The molecule has 0 saturated heterocycles. The van der Waals surface area contributed by atoms with Crippen molar-refractivity contribution in [3.05, 3.63) is 35.4 Å². The number of alkyl halides is 3. The average Bonchev–Trinajstić information content (AvgIpc) is 1.99. The third kappa shape index (κ3) is 4.86. The number of nitrogens with two attached hydrogens (primary N) is 1. The summed E-state index contributed by atoms with van der Waals surface area (Å²) in [4.78, 5) is 0. The fraction of sp³-hybridized carbons (Fsp3) is 0.455. The number of halogens is 4. The highest BCUT2D eigenvalue weighted by Crippen LogP contribution is 2.30. The topological polar surface area (TPSA) is 26.0 Å². The van der Waals surface area contributed by atoms with Crippen LogP contribution in [0.5, 0.6) is 0 Å². The minimum absolute atomic E-state index is 0. The molecule has 0 aromatic heterocycles. The van der Waals surface area contributed by atoms with Crippen LogP contribution in [0, 0.1) is 0 Å². The van der Waals surface area contributed by atoms with Gasteiger partial charge >= 0.3 is 6.18 Å². The van der Waals surface area contributed by atoms with Gasteiger partial charge in [0.05, 0.1) is 5.56 Å². The van der Waals surface area contributed by atoms with E-state index in [4.69, 9.17) is 5.73 Å². The molecule has 1 nitrogen and oxygen atoms in total. The van der Waals surface area contributed by atoms with Gasteiger partial charge in [-0.25, -0.2) is 0 Å². The van der Waals surface area contributed by atoms with Crippen LogP contribution in [0.15, 0.2) is 24.3 Å². The number of hydrogen-bond acceptors (Lipinski definition) is 1. The maximum Gasteiger partial charge on any atom is 0.416 e. The predicted molar refractivity (Wildman–Crippen MR) is 60.7 cm³/mol. The molecule has 0 aliphatic rings. The highest BCUT2D eigenvalue weighted by atomic mass is 35.5. The summed E-state index contributed by atoms with van der Waals surface area (Å²) in [5, 5.41) is 0. The molecular weight excluding hydrogens is 239 g/mol. The van der Waals surface area contributed by atoms with E-state index in [0.717, 1.165) is 12.1 Å². The zero-order valence-corrected chi connectivity index (χ0v) is 9.95. The Kier molecular flexibility index (Phi) is 4.83. The molecule has 0 atom stereocenters. The van der Waals surface area contributed by atoms with Crippen LogP contribution < -0.4 is 5.73 Å². The molecule has 0 radical (unpaired) electrons. The standard InChI is InChI=1S/C11H14F3N.ClH/c1-10(2,15)7-8-4-3-5-9(6-8)11(12,13)14;/h3-6H,7,15H2,1-2H3;1H. The molecule has 0 heterocycles. The molecule has 2 N–H and O–H groups in total. The van der Waals surface area contributed by atoms with Gasteiger partial charge in [-0.3, -0.25) is 0 Å². The van der Waals surface area contributed by atoms with Crippen molar-refractivity contribution in [2.45, 2.75) is 32.0 Å². The van der Waals surface area contributed by atoms with Crippen LogP contribution in [0.2, 0.25) is 0 Å². The van der Waals surface area contributed by atoms with E-state index in [1.54, 1.807) is 19.9 Å². The Balaban J connectivity index is 0.00000225. The van der Waals surface area contributed by atoms with Gasteiger partial charge in [0, 0.05) is 5.54 Å². The zero-order valence-electron chi connectivity index (χ0n) is 9.14. The van der Waals surface area contributed by atoms with Gasteiger partial charge in [-0.2, -0.15) is 13.2 Å². The molecule has 0 fully saturated rings. The minimum atomic E-state index is -4.28. The van der Waals surface area contributed by atoms with Crippen molar-refractivity contribution in [1.29, 1.82) is 0 Å². The largest absolute Gasteiger partial charge is 0.416 e. The Hall–Kier alpha value is -0.740. The Morgan fingerprint density at radius 3 is 2.19 bits per heavy atom. The maximum atomic E-state index is 12.4. The van der Waals surface area contributed by atoms with Gasteiger partial charge in [0.2, 0.25) is 0 Å². The Morgan fingerprint density at radius 2 is 1.75 bits per heavy atom. The molecule has 0 saturated carbocycles. The van der Waals surface area contributed by atoms with Crippen LogP contribution >= 0.6 is 12.4 Å². The van der Waals surface area contributed by atoms with E-state index in [1.807, 2.05) is 0 Å². The van der Waals surface area contributed by atoms with Crippen LogP contribution in [-0.4, -0.2) is 5.54 Å². The third-order valence-electron chi connectivity index (χ3n) is 1.91. The first-order valence-electron chi connectivity index (χ1n) is 4.63. The maximum absolute atomic E-state index is 12.4. The van der Waals surface area contributed by atoms with Crippen molar-refractivity contribution in [2.75, 3.05) is 0 Å². The zero-order chi connectivity index (χ0) is 11.7. The van der Waals surface area contributed by atoms with E-state index < -0.39 is 17.3 Å². The average molecular weight is 254 g/mol. The summed E-state index contributed by atoms with van der Waals surface area (Å²) in [6, 6.07) is 5.27. The molecule has 92 valence electrons. The van der Waals surface area contributed by atoms with Gasteiger partial charge in [0.25, 0.3) is 0 Å². The molecule has 0 bridgehead atoms. The fourth-order valence-corrected chi connectivity index (χ4v) is 1.38. The smallest absolute Gasteiger partial charge is 0.325 e. The summed E-state index contributed by atoms with van der Waals surface area (Å²) >= 11 is 0. The van der Waals surface area contributed by atoms with E-state index in [2.05, 4.69) is 0 Å². The van der Waals surface area contributed by atoms with E-state index in [9.17, 15) is 13.2 Å². The first kappa shape index (κ1) is 15.3. The van der Waals surface area contributed by atoms with Crippen LogP contribution in [-0.2, 0) is 12.6 Å². The minimum Gasteiger partial charge on any atom is -0.325 e. The molecule has 0 aliphatic heterocycles. The molecule has 1 rings (SSSR count). The highest BCUT2D eigenvalue weighted by Gasteiger charge is 2.30. The highest BCUT2D eigenvalue weighted by molar-refractivity contribution is 5.85. The van der Waals surface area contributed by atoms with E-state index >= 15 is 0 Å². The van der Waals surface area contributed by atoms with Crippen LogP contribution in [0.3, 0.4) is 0 Å². The summed E-state index contributed by atoms with van der Waals surface area (Å²) in [5.41, 5.74) is 5.24. The van der Waals surface area contributed by atoms with Crippen LogP contribution in [0.4, 0.5) is 13.2 Å². The first-order chi connectivity index (χ1) is 6.68. The molecule has 5 heteroatoms. The normalized spacial score (nSPS) is 12.1. The quantitative estimate of drug-likeness (QED) is 0.859. The van der Waals surface area contributed by atoms with Crippen molar-refractivity contribution in [3.63, 3.8) is 0 Å². The van der Waals surface area contributed by atoms with Gasteiger partial charge in [-0.05, 0) is 31.9 Å². The number of hydrogen-bond donors (Lipinski definition) is 1. The summed E-state index contributed by atoms with van der Waals surface area (Å²) < 4.78 is 37.1. The van der Waals surface area contributed by atoms with Gasteiger partial charge in [-0.15, -0.1) is 12.4 Å². The van der Waals surface area contributed by atoms with Crippen LogP contribution in [0.1, 0.15) is 25.0 Å². The first-order valence-corrected chi connectivity index (χ1v) is 4.63. The van der Waals surface area contributed by atoms with Crippen molar-refractivity contribution in [1.82, 2.24) is 0 Å². The second-order valence-electron chi connectivity index (χ2n) is 4.36. The second kappa shape index (κ2) is 5.06. The summed E-state index contributed by atoms with van der Waals surface area (Å²) in [6.07, 6.45) is -3.86. The molecule has 1 aromatic carbocycles. The van der Waals surface area contributed by atoms with Gasteiger partial charge in [0.15, 0.2) is 0 Å². The molecular formula is C11H15ClF3N.